The Kier molecular flexibility index (Phi) is 18.1. The van der Waals surface area contributed by atoms with Gasteiger partial charge in [0.15, 0.2) is 5.82 Å². The molecule has 0 bridgehead atoms. The molecular formula is C38H57N8O10P. The number of hydrogen-bond acceptors (Lipinski definition) is 13. The van der Waals surface area contributed by atoms with Crippen molar-refractivity contribution in [3.8, 4) is 11.4 Å². The molecule has 3 N–H and O–H groups in total. The van der Waals surface area contributed by atoms with Crippen molar-refractivity contribution in [2.24, 2.45) is 0 Å². The highest BCUT2D eigenvalue weighted by atomic mass is 31.2. The number of methoxy groups -OCH3 is 1. The molecule has 3 amide bonds. The highest BCUT2D eigenvalue weighted by Gasteiger charge is 2.37. The van der Waals surface area contributed by atoms with E-state index in [9.17, 15) is 28.5 Å². The highest BCUT2D eigenvalue weighted by Crippen LogP contribution is 2.37. The first-order chi connectivity index (χ1) is 27.5. The van der Waals surface area contributed by atoms with E-state index in [0.29, 0.717) is 36.9 Å². The third-order valence-electron chi connectivity index (χ3n) is 9.40. The van der Waals surface area contributed by atoms with Gasteiger partial charge in [-0.1, -0.05) is 43.7 Å². The lowest BCUT2D eigenvalue weighted by atomic mass is 10.2. The van der Waals surface area contributed by atoms with Crippen molar-refractivity contribution in [2.75, 3.05) is 90.4 Å². The van der Waals surface area contributed by atoms with Crippen LogP contribution in [-0.4, -0.2) is 147 Å². The van der Waals surface area contributed by atoms with Gasteiger partial charge in [0.05, 0.1) is 44.9 Å². The molecule has 4 rings (SSSR count). The number of nitrogens with one attached hydrogen (secondary N) is 3. The zero-order chi connectivity index (χ0) is 41.2. The molecule has 0 radical (unpaired) electrons. The Hall–Kier alpha value is -4.64. The molecular weight excluding hydrogens is 759 g/mol. The fourth-order valence-electron chi connectivity index (χ4n) is 6.29. The molecule has 2 saturated heterocycles. The minimum atomic E-state index is -3.83. The summed E-state index contributed by atoms with van der Waals surface area (Å²) in [7, 11) is -2.19. The van der Waals surface area contributed by atoms with E-state index in [-0.39, 0.29) is 77.1 Å². The van der Waals surface area contributed by atoms with Crippen molar-refractivity contribution in [1.29, 1.82) is 0 Å². The van der Waals surface area contributed by atoms with E-state index in [1.165, 1.54) is 9.80 Å². The van der Waals surface area contributed by atoms with Gasteiger partial charge < -0.3 is 39.0 Å². The Bertz CT molecular complexity index is 1670. The van der Waals surface area contributed by atoms with E-state index in [1.54, 1.807) is 27.0 Å². The van der Waals surface area contributed by atoms with Crippen LogP contribution < -0.4 is 20.4 Å². The summed E-state index contributed by atoms with van der Waals surface area (Å²) in [5.41, 5.74) is 0.660. The molecule has 57 heavy (non-hydrogen) atoms. The van der Waals surface area contributed by atoms with Gasteiger partial charge in [0.1, 0.15) is 17.6 Å². The number of aromatic nitrogens is 2. The van der Waals surface area contributed by atoms with E-state index >= 15 is 0 Å². The van der Waals surface area contributed by atoms with Gasteiger partial charge in [0, 0.05) is 71.1 Å². The number of amides is 3. The average molecular weight is 817 g/mol. The Morgan fingerprint density at radius 1 is 0.860 bits per heavy atom. The molecule has 2 atom stereocenters. The molecule has 2 aliphatic rings. The van der Waals surface area contributed by atoms with Crippen molar-refractivity contribution in [3.63, 3.8) is 0 Å². The summed E-state index contributed by atoms with van der Waals surface area (Å²) in [6.07, 6.45) is 1.22. The van der Waals surface area contributed by atoms with Crippen LogP contribution in [0.1, 0.15) is 63.4 Å². The van der Waals surface area contributed by atoms with E-state index in [4.69, 9.17) is 23.9 Å². The third kappa shape index (κ3) is 14.1. The van der Waals surface area contributed by atoms with Crippen molar-refractivity contribution in [2.45, 2.75) is 65.0 Å². The molecule has 0 spiro atoms. The summed E-state index contributed by atoms with van der Waals surface area (Å²) in [4.78, 5) is 80.0. The SMILES string of the molecule is CCCCOC(=O)N1CCN(C(=O)C(CP(=O)(NCCC(=O)OCC)NCCC(=O)OCC)NC(=O)c2cc(N3CC[C@H](OC)C3)nc(-c3ccccc3)n2)CC1. The van der Waals surface area contributed by atoms with Crippen molar-refractivity contribution < 1.29 is 47.5 Å². The zero-order valence-corrected chi connectivity index (χ0v) is 34.3. The molecule has 18 nitrogen and oxygen atoms in total. The summed E-state index contributed by atoms with van der Waals surface area (Å²) in [5.74, 6) is -1.47. The van der Waals surface area contributed by atoms with E-state index < -0.39 is 49.5 Å². The van der Waals surface area contributed by atoms with Crippen LogP contribution >= 0.6 is 7.44 Å². The maximum atomic E-state index is 14.6. The first-order valence-electron chi connectivity index (χ1n) is 19.6. The lowest BCUT2D eigenvalue weighted by Gasteiger charge is -2.36. The molecule has 0 aliphatic carbocycles. The van der Waals surface area contributed by atoms with Gasteiger partial charge in [0.2, 0.25) is 13.4 Å². The number of anilines is 1. The standard InChI is InChI=1S/C38H57N8O10P/c1-5-8-24-56-38(51)45-22-20-44(21-23-45)37(50)31(27-57(52,39-17-14-33(47)54-6-2)40-18-15-34(48)55-7-3)42-36(49)30-25-32(46-19-16-29(26-46)53-4)43-35(41-30)28-12-10-9-11-13-28/h9-13,25,29,31H,5-8,14-24,26-27H2,1-4H3,(H,42,49)(H2,39,40,52)/t29-,31?/m0/s1. The topological polar surface area (TPSA) is 211 Å². The number of carbonyl (C=O) groups is 5. The zero-order valence-electron chi connectivity index (χ0n) is 33.4. The predicted molar refractivity (Wildman–Crippen MR) is 212 cm³/mol. The van der Waals surface area contributed by atoms with Crippen LogP contribution in [0.5, 0.6) is 0 Å². The normalized spacial score (nSPS) is 16.2. The second kappa shape index (κ2) is 22.9. The Labute approximate surface area is 334 Å². The molecule has 1 aromatic heterocycles. The molecule has 1 aromatic carbocycles. The number of hydrogen-bond donors (Lipinski definition) is 3. The van der Waals surface area contributed by atoms with E-state index in [1.807, 2.05) is 42.2 Å². The maximum Gasteiger partial charge on any atom is 0.409 e. The molecule has 19 heteroatoms. The first-order valence-corrected chi connectivity index (χ1v) is 21.5. The van der Waals surface area contributed by atoms with E-state index in [2.05, 4.69) is 20.5 Å². The number of nitrogens with zero attached hydrogens (tertiary/aromatic N) is 5. The molecule has 314 valence electrons. The molecule has 0 saturated carbocycles. The molecule has 3 heterocycles. The minimum absolute atomic E-state index is 0.0140. The average Bonchev–Trinajstić information content (AvgIpc) is 3.71. The smallest absolute Gasteiger partial charge is 0.409 e. The lowest BCUT2D eigenvalue weighted by molar-refractivity contribution is -0.143. The fraction of sp³-hybridized carbons (Fsp3) is 0.605. The van der Waals surface area contributed by atoms with Crippen LogP contribution in [-0.2, 0) is 37.9 Å². The van der Waals surface area contributed by atoms with Crippen LogP contribution in [0.25, 0.3) is 11.4 Å². The van der Waals surface area contributed by atoms with Crippen LogP contribution in [0.4, 0.5) is 10.6 Å². The Morgan fingerprint density at radius 3 is 2.07 bits per heavy atom. The van der Waals surface area contributed by atoms with Gasteiger partial charge in [-0.2, -0.15) is 0 Å². The summed E-state index contributed by atoms with van der Waals surface area (Å²) in [5, 5.41) is 8.57. The number of rotatable bonds is 21. The van der Waals surface area contributed by atoms with Gasteiger partial charge in [-0.25, -0.2) is 14.8 Å². The second-order valence-electron chi connectivity index (χ2n) is 13.5. The number of esters is 2. The first kappa shape index (κ1) is 45.1. The van der Waals surface area contributed by atoms with Crippen molar-refractivity contribution in [3.05, 3.63) is 42.1 Å². The van der Waals surface area contributed by atoms with Crippen molar-refractivity contribution >= 4 is 43.1 Å². The largest absolute Gasteiger partial charge is 0.466 e. The van der Waals surface area contributed by atoms with Gasteiger partial charge in [-0.05, 0) is 26.7 Å². The lowest BCUT2D eigenvalue weighted by Crippen LogP contribution is -2.57. The Balaban J connectivity index is 1.64. The van der Waals surface area contributed by atoms with Crippen LogP contribution in [0.15, 0.2) is 36.4 Å². The van der Waals surface area contributed by atoms with Gasteiger partial charge in [-0.15, -0.1) is 0 Å². The quantitative estimate of drug-likeness (QED) is 0.0716. The second-order valence-corrected chi connectivity index (χ2v) is 16.0. The van der Waals surface area contributed by atoms with Crippen molar-refractivity contribution in [1.82, 2.24) is 35.3 Å². The van der Waals surface area contributed by atoms with Gasteiger partial charge in [-0.3, -0.25) is 33.9 Å². The van der Waals surface area contributed by atoms with Crippen LogP contribution in [0, 0.1) is 0 Å². The molecule has 1 unspecified atom stereocenters. The van der Waals surface area contributed by atoms with Crippen LogP contribution in [0.2, 0.25) is 0 Å². The maximum absolute atomic E-state index is 14.6. The molecule has 2 fully saturated rings. The number of benzene rings is 1. The molecule has 2 aliphatic heterocycles. The third-order valence-corrected chi connectivity index (χ3v) is 11.7. The van der Waals surface area contributed by atoms with Gasteiger partial charge >= 0.3 is 18.0 Å². The number of carbonyl (C=O) groups excluding carboxylic acids is 5. The van der Waals surface area contributed by atoms with Crippen LogP contribution in [0.3, 0.4) is 0 Å². The predicted octanol–water partition coefficient (Wildman–Crippen LogP) is 2.83. The number of ether oxygens (including phenoxy) is 4. The monoisotopic (exact) mass is 816 g/mol. The summed E-state index contributed by atoms with van der Waals surface area (Å²) < 4.78 is 35.6. The summed E-state index contributed by atoms with van der Waals surface area (Å²) in [6, 6.07) is 9.36. The highest BCUT2D eigenvalue weighted by molar-refractivity contribution is 7.59. The summed E-state index contributed by atoms with van der Waals surface area (Å²) >= 11 is 0. The number of unbranched alkanes of at least 4 members (excludes halogenated alkanes) is 1. The fourth-order valence-corrected chi connectivity index (χ4v) is 8.36. The summed E-state index contributed by atoms with van der Waals surface area (Å²) in [6.45, 7) is 7.67. The Morgan fingerprint density at radius 2 is 1.49 bits per heavy atom. The number of piperazine rings is 1. The van der Waals surface area contributed by atoms with E-state index in [0.717, 1.165) is 19.3 Å². The molecule has 2 aromatic rings. The minimum Gasteiger partial charge on any atom is -0.466 e. The van der Waals surface area contributed by atoms with Gasteiger partial charge in [0.25, 0.3) is 5.91 Å².